The molecule has 12 rings (SSSR count). The third-order valence-corrected chi connectivity index (χ3v) is 16.6. The minimum absolute atomic E-state index is 0.0143. The molecule has 8 aromatic rings. The highest BCUT2D eigenvalue weighted by molar-refractivity contribution is 7.26. The van der Waals surface area contributed by atoms with E-state index < -0.39 is 0 Å². The van der Waals surface area contributed by atoms with Crippen molar-refractivity contribution in [3.05, 3.63) is 185 Å². The number of hydrogen-bond acceptors (Lipinski definition) is 3. The summed E-state index contributed by atoms with van der Waals surface area (Å²) < 4.78 is 1.33. The van der Waals surface area contributed by atoms with E-state index in [1.54, 1.807) is 0 Å². The summed E-state index contributed by atoms with van der Waals surface area (Å²) in [4.78, 5) is 5.39. The molecule has 0 amide bonds. The average molecular weight is 861 g/mol. The Labute approximate surface area is 390 Å². The molecule has 1 unspecified atom stereocenters. The first-order chi connectivity index (χ1) is 31.1. The Morgan fingerprint density at radius 2 is 1.18 bits per heavy atom. The molecule has 1 aromatic heterocycles. The van der Waals surface area contributed by atoms with Crippen molar-refractivity contribution in [2.45, 2.75) is 96.8 Å². The van der Waals surface area contributed by atoms with Crippen molar-refractivity contribution in [3.8, 4) is 11.1 Å². The topological polar surface area (TPSA) is 6.48 Å². The predicted molar refractivity (Wildman–Crippen MR) is 283 cm³/mol. The summed E-state index contributed by atoms with van der Waals surface area (Å²) >= 11 is 1.95. The molecule has 0 spiro atoms. The van der Waals surface area contributed by atoms with Gasteiger partial charge >= 0.3 is 0 Å². The van der Waals surface area contributed by atoms with E-state index in [2.05, 4.69) is 230 Å². The fraction of sp³-hybridized carbons (Fsp3) is 0.246. The molecule has 0 saturated heterocycles. The van der Waals surface area contributed by atoms with Gasteiger partial charge in [0.1, 0.15) is 0 Å². The quantitative estimate of drug-likeness (QED) is 0.128. The van der Waals surface area contributed by atoms with Gasteiger partial charge in [0.2, 0.25) is 0 Å². The van der Waals surface area contributed by atoms with E-state index in [1.165, 1.54) is 110 Å². The molecule has 0 saturated carbocycles. The molecule has 1 aliphatic carbocycles. The Kier molecular flexibility index (Phi) is 8.68. The van der Waals surface area contributed by atoms with Gasteiger partial charge in [-0.1, -0.05) is 184 Å². The lowest BCUT2D eigenvalue weighted by Crippen LogP contribution is -2.62. The maximum absolute atomic E-state index is 2.73. The van der Waals surface area contributed by atoms with Crippen molar-refractivity contribution in [3.63, 3.8) is 0 Å². The molecule has 0 N–H and O–H groups in total. The van der Waals surface area contributed by atoms with Gasteiger partial charge in [0.05, 0.1) is 16.4 Å². The van der Waals surface area contributed by atoms with Crippen molar-refractivity contribution < 1.29 is 0 Å². The van der Waals surface area contributed by atoms with Crippen molar-refractivity contribution >= 4 is 90.1 Å². The zero-order valence-corrected chi connectivity index (χ0v) is 40.1. The first-order valence-corrected chi connectivity index (χ1v) is 24.5. The first kappa shape index (κ1) is 40.4. The van der Waals surface area contributed by atoms with Gasteiger partial charge in [-0.2, -0.15) is 0 Å². The number of rotatable bonds is 4. The number of fused-ring (bicyclic) bond motifs is 9. The number of hydrogen-bond donors (Lipinski definition) is 0. The number of anilines is 6. The van der Waals surface area contributed by atoms with Crippen molar-refractivity contribution in [1.82, 2.24) is 0 Å². The largest absolute Gasteiger partial charge is 0.311 e. The number of benzene rings is 7. The van der Waals surface area contributed by atoms with Crippen LogP contribution in [0.5, 0.6) is 0 Å². The molecule has 0 radical (unpaired) electrons. The summed E-state index contributed by atoms with van der Waals surface area (Å²) in [6.45, 7) is 21.7. The van der Waals surface area contributed by atoms with E-state index in [0.29, 0.717) is 0 Å². The molecule has 0 fully saturated rings. The zero-order chi connectivity index (χ0) is 44.8. The Morgan fingerprint density at radius 3 is 1.91 bits per heavy atom. The summed E-state index contributed by atoms with van der Waals surface area (Å²) in [7, 11) is 0. The highest BCUT2D eigenvalue weighted by Gasteiger charge is 2.54. The van der Waals surface area contributed by atoms with Crippen LogP contribution in [-0.4, -0.2) is 6.71 Å². The van der Waals surface area contributed by atoms with Gasteiger partial charge in [-0.25, -0.2) is 0 Å². The smallest absolute Gasteiger partial charge is 0.254 e. The molecule has 320 valence electrons. The Hall–Kier alpha value is -6.10. The van der Waals surface area contributed by atoms with Crippen LogP contribution in [-0.2, 0) is 21.7 Å². The maximum Gasteiger partial charge on any atom is 0.254 e. The first-order valence-electron chi connectivity index (χ1n) is 23.7. The lowest BCUT2D eigenvalue weighted by Gasteiger charge is -2.54. The van der Waals surface area contributed by atoms with Crippen LogP contribution < -0.4 is 26.2 Å². The molecule has 4 heteroatoms. The summed E-state index contributed by atoms with van der Waals surface area (Å²) in [6.07, 6.45) is 6.90. The Bertz CT molecular complexity index is 3290. The fourth-order valence-corrected chi connectivity index (χ4v) is 13.1. The SMILES string of the molecule is CC(C)(C)c1ccc(N2c3cc(/C=C\c4ccccc4)cc4c3B(c3ccc5c6c3N4c3ccc(C(C)(C)C)cc3C6(C)CCC5(C)C)c3c2sc2ccccc32)c(-c2ccccc2)c1. The van der Waals surface area contributed by atoms with Crippen LogP contribution in [0, 0.1) is 0 Å². The normalized spacial score (nSPS) is 17.8. The van der Waals surface area contributed by atoms with E-state index >= 15 is 0 Å². The molecular weight excluding hydrogens is 804 g/mol. The van der Waals surface area contributed by atoms with E-state index in [1.807, 2.05) is 11.3 Å². The van der Waals surface area contributed by atoms with Crippen LogP contribution in [0.3, 0.4) is 0 Å². The Morgan fingerprint density at radius 1 is 0.554 bits per heavy atom. The fourth-order valence-electron chi connectivity index (χ4n) is 11.8. The minimum Gasteiger partial charge on any atom is -0.311 e. The molecule has 4 aliphatic rings. The van der Waals surface area contributed by atoms with Gasteiger partial charge in [-0.05, 0) is 132 Å². The van der Waals surface area contributed by atoms with E-state index in [4.69, 9.17) is 0 Å². The van der Waals surface area contributed by atoms with Crippen LogP contribution in [0.2, 0.25) is 0 Å². The Balaban J connectivity index is 1.23. The van der Waals surface area contributed by atoms with Gasteiger partial charge in [-0.15, -0.1) is 11.3 Å². The predicted octanol–water partition coefficient (Wildman–Crippen LogP) is 15.1. The van der Waals surface area contributed by atoms with Crippen LogP contribution in [0.1, 0.15) is 114 Å². The van der Waals surface area contributed by atoms with Gasteiger partial charge in [0, 0.05) is 32.7 Å². The molecule has 0 bridgehead atoms. The van der Waals surface area contributed by atoms with Crippen LogP contribution in [0.4, 0.5) is 33.4 Å². The molecule has 2 nitrogen and oxygen atoms in total. The lowest BCUT2D eigenvalue weighted by atomic mass is 9.32. The van der Waals surface area contributed by atoms with E-state index in [-0.39, 0.29) is 28.4 Å². The summed E-state index contributed by atoms with van der Waals surface area (Å²) in [5.74, 6) is 0. The summed E-state index contributed by atoms with van der Waals surface area (Å²) in [6, 6.07) is 55.9. The van der Waals surface area contributed by atoms with Crippen molar-refractivity contribution in [2.75, 3.05) is 9.80 Å². The maximum atomic E-state index is 2.73. The summed E-state index contributed by atoms with van der Waals surface area (Å²) in [5.41, 5.74) is 22.7. The highest BCUT2D eigenvalue weighted by atomic mass is 32.1. The molecule has 7 aromatic carbocycles. The van der Waals surface area contributed by atoms with Gasteiger partial charge in [-0.3, -0.25) is 0 Å². The summed E-state index contributed by atoms with van der Waals surface area (Å²) in [5, 5.41) is 2.67. The van der Waals surface area contributed by atoms with Crippen LogP contribution in [0.25, 0.3) is 33.4 Å². The average Bonchev–Trinajstić information content (AvgIpc) is 3.68. The molecule has 65 heavy (non-hydrogen) atoms. The monoisotopic (exact) mass is 860 g/mol. The third-order valence-electron chi connectivity index (χ3n) is 15.5. The second-order valence-corrected chi connectivity index (χ2v) is 23.1. The lowest BCUT2D eigenvalue weighted by molar-refractivity contribution is 0.348. The van der Waals surface area contributed by atoms with Crippen molar-refractivity contribution in [1.29, 1.82) is 0 Å². The minimum atomic E-state index is -0.131. The molecule has 3 aliphatic heterocycles. The number of thiophene rings is 1. The number of nitrogens with zero attached hydrogens (tertiary/aromatic N) is 2. The van der Waals surface area contributed by atoms with Crippen LogP contribution >= 0.6 is 11.3 Å². The second kappa shape index (κ2) is 14.0. The molecular formula is C61H57BN2S. The van der Waals surface area contributed by atoms with E-state index in [9.17, 15) is 0 Å². The van der Waals surface area contributed by atoms with E-state index in [0.717, 1.165) is 12.8 Å². The molecule has 1 atom stereocenters. The third kappa shape index (κ3) is 5.98. The second-order valence-electron chi connectivity index (χ2n) is 22.1. The standard InChI is InChI=1S/C61H57BN2S/c1-58(2,3)41-26-30-48(44(36-41)40-20-14-11-15-21-40)64-51-35-39(25-24-38-18-12-10-13-19-38)34-50-55(51)62(54-43-22-16-17-23-52(43)65-57(54)64)47-29-28-45-53-56(47)63(50)49-31-27-42(59(4,5)6)37-46(49)61(53,9)33-32-60(45,7)8/h10-31,34-37H,32-33H2,1-9H3/b25-24-. The zero-order valence-electron chi connectivity index (χ0n) is 39.3. The van der Waals surface area contributed by atoms with Crippen molar-refractivity contribution in [2.24, 2.45) is 0 Å². The highest BCUT2D eigenvalue weighted by Crippen LogP contribution is 2.61. The van der Waals surface area contributed by atoms with Gasteiger partial charge < -0.3 is 9.80 Å². The van der Waals surface area contributed by atoms with Gasteiger partial charge in [0.25, 0.3) is 6.71 Å². The van der Waals surface area contributed by atoms with Gasteiger partial charge in [0.15, 0.2) is 0 Å². The molecule has 4 heterocycles. The van der Waals surface area contributed by atoms with Crippen LogP contribution in [0.15, 0.2) is 146 Å².